The summed E-state index contributed by atoms with van der Waals surface area (Å²) in [6.07, 6.45) is 6.12. The number of non-ortho nitro benzene ring substituents is 1. The van der Waals surface area contributed by atoms with Gasteiger partial charge in [0.1, 0.15) is 0 Å². The lowest BCUT2D eigenvalue weighted by Crippen LogP contribution is -2.27. The summed E-state index contributed by atoms with van der Waals surface area (Å²) in [4.78, 5) is 23.4. The first-order valence-corrected chi connectivity index (χ1v) is 9.62. The molecule has 6 nitrogen and oxygen atoms in total. The van der Waals surface area contributed by atoms with Gasteiger partial charge in [-0.2, -0.15) is 0 Å². The van der Waals surface area contributed by atoms with Crippen LogP contribution in [0.1, 0.15) is 78.4 Å². The first-order valence-electron chi connectivity index (χ1n) is 9.62. The number of hydrogen-bond donors (Lipinski definition) is 1. The molecule has 1 saturated carbocycles. The van der Waals surface area contributed by atoms with Crippen LogP contribution < -0.4 is 5.32 Å². The van der Waals surface area contributed by atoms with Crippen molar-refractivity contribution < 1.29 is 9.72 Å². The van der Waals surface area contributed by atoms with Crippen LogP contribution >= 0.6 is 0 Å². The molecule has 1 aliphatic carbocycles. The molecule has 1 aromatic heterocycles. The maximum atomic E-state index is 12.9. The second-order valence-corrected chi connectivity index (χ2v) is 7.49. The monoisotopic (exact) mass is 369 g/mol. The van der Waals surface area contributed by atoms with Crippen molar-refractivity contribution in [3.8, 4) is 0 Å². The van der Waals surface area contributed by atoms with Crippen molar-refractivity contribution in [3.05, 3.63) is 63.0 Å². The van der Waals surface area contributed by atoms with Crippen LogP contribution in [-0.2, 0) is 0 Å². The summed E-state index contributed by atoms with van der Waals surface area (Å²) in [5.74, 6) is -0.135. The number of nitro benzene ring substituents is 1. The summed E-state index contributed by atoms with van der Waals surface area (Å²) >= 11 is 0. The molecule has 1 N–H and O–H groups in total. The van der Waals surface area contributed by atoms with E-state index >= 15 is 0 Å². The number of aryl methyl sites for hydroxylation is 1. The van der Waals surface area contributed by atoms with E-state index in [-0.39, 0.29) is 17.6 Å². The molecule has 0 radical (unpaired) electrons. The smallest absolute Gasteiger partial charge is 0.269 e. The van der Waals surface area contributed by atoms with E-state index in [0.29, 0.717) is 11.6 Å². The van der Waals surface area contributed by atoms with Gasteiger partial charge in [0, 0.05) is 29.6 Å². The molecule has 144 valence electrons. The molecule has 0 bridgehead atoms. The minimum atomic E-state index is -0.421. The number of nitrogens with zero attached hydrogens (tertiary/aromatic N) is 2. The second kappa shape index (κ2) is 7.94. The van der Waals surface area contributed by atoms with Crippen molar-refractivity contribution in [3.63, 3.8) is 0 Å². The molecule has 0 spiro atoms. The van der Waals surface area contributed by atoms with Gasteiger partial charge in [0.25, 0.3) is 11.6 Å². The number of benzene rings is 1. The lowest BCUT2D eigenvalue weighted by atomic mass is 9.95. The van der Waals surface area contributed by atoms with Gasteiger partial charge in [-0.25, -0.2) is 0 Å². The van der Waals surface area contributed by atoms with Crippen LogP contribution in [0.5, 0.6) is 0 Å². The first-order chi connectivity index (χ1) is 12.9. The van der Waals surface area contributed by atoms with Gasteiger partial charge in [0.05, 0.1) is 16.5 Å². The van der Waals surface area contributed by atoms with E-state index in [1.54, 1.807) is 12.1 Å². The highest BCUT2D eigenvalue weighted by atomic mass is 16.6. The zero-order chi connectivity index (χ0) is 19.6. The third-order valence-electron chi connectivity index (χ3n) is 5.60. The molecule has 1 aliphatic rings. The normalized spacial score (nSPS) is 16.1. The van der Waals surface area contributed by atoms with Gasteiger partial charge < -0.3 is 9.88 Å². The molecular formula is C21H27N3O3. The fourth-order valence-electron chi connectivity index (χ4n) is 4.17. The maximum Gasteiger partial charge on any atom is 0.269 e. The zero-order valence-corrected chi connectivity index (χ0v) is 16.2. The lowest BCUT2D eigenvalue weighted by Gasteiger charge is -2.26. The van der Waals surface area contributed by atoms with Gasteiger partial charge >= 0.3 is 0 Å². The molecule has 1 unspecified atom stereocenters. The Hall–Kier alpha value is -2.63. The Bertz CT molecular complexity index is 850. The molecule has 1 fully saturated rings. The highest BCUT2D eigenvalue weighted by Gasteiger charge is 2.23. The molecule has 0 aliphatic heterocycles. The van der Waals surface area contributed by atoms with Crippen LogP contribution in [0.4, 0.5) is 5.69 Å². The Kier molecular flexibility index (Phi) is 5.63. The molecular weight excluding hydrogens is 342 g/mol. The van der Waals surface area contributed by atoms with Gasteiger partial charge in [-0.15, -0.1) is 0 Å². The Morgan fingerprint density at radius 1 is 1.22 bits per heavy atom. The SMILES string of the molecule is Cc1cc(C(=O)NC(C)c2cccc([N+](=O)[O-])c2)c(C)n1C1CCCCC1. The number of carbonyl (C=O) groups excluding carboxylic acids is 1. The third kappa shape index (κ3) is 4.04. The van der Waals surface area contributed by atoms with E-state index in [1.165, 1.54) is 44.2 Å². The fourth-order valence-corrected chi connectivity index (χ4v) is 4.17. The minimum absolute atomic E-state index is 0.0316. The maximum absolute atomic E-state index is 12.9. The molecule has 3 rings (SSSR count). The van der Waals surface area contributed by atoms with Crippen molar-refractivity contribution in [2.45, 2.75) is 65.0 Å². The van der Waals surface area contributed by atoms with Gasteiger partial charge in [-0.1, -0.05) is 31.4 Å². The summed E-state index contributed by atoms with van der Waals surface area (Å²) in [5, 5.41) is 14.0. The minimum Gasteiger partial charge on any atom is -0.345 e. The average molecular weight is 369 g/mol. The standard InChI is InChI=1S/C21H27N3O3/c1-14-12-20(16(3)23(14)18-9-5-4-6-10-18)21(25)22-15(2)17-8-7-11-19(13-17)24(26)27/h7-8,11-13,15,18H,4-6,9-10H2,1-3H3,(H,22,25). The van der Waals surface area contributed by atoms with Crippen molar-refractivity contribution in [2.75, 3.05) is 0 Å². The van der Waals surface area contributed by atoms with E-state index in [1.807, 2.05) is 19.9 Å². The number of nitro groups is 1. The number of carbonyl (C=O) groups is 1. The van der Waals surface area contributed by atoms with Gasteiger partial charge in [0.2, 0.25) is 0 Å². The highest BCUT2D eigenvalue weighted by molar-refractivity contribution is 5.96. The highest BCUT2D eigenvalue weighted by Crippen LogP contribution is 2.32. The van der Waals surface area contributed by atoms with E-state index < -0.39 is 4.92 Å². The van der Waals surface area contributed by atoms with Crippen LogP contribution in [-0.4, -0.2) is 15.4 Å². The molecule has 1 heterocycles. The predicted molar refractivity (Wildman–Crippen MR) is 105 cm³/mol. The number of amides is 1. The summed E-state index contributed by atoms with van der Waals surface area (Å²) in [6, 6.07) is 8.53. The molecule has 1 aromatic carbocycles. The Labute approximate surface area is 159 Å². The van der Waals surface area contributed by atoms with Crippen molar-refractivity contribution in [1.82, 2.24) is 9.88 Å². The zero-order valence-electron chi connectivity index (χ0n) is 16.2. The van der Waals surface area contributed by atoms with Crippen LogP contribution in [0.3, 0.4) is 0 Å². The van der Waals surface area contributed by atoms with E-state index in [0.717, 1.165) is 17.0 Å². The summed E-state index contributed by atoms with van der Waals surface area (Å²) < 4.78 is 2.31. The Morgan fingerprint density at radius 2 is 1.93 bits per heavy atom. The number of hydrogen-bond acceptors (Lipinski definition) is 3. The van der Waals surface area contributed by atoms with Gasteiger partial charge in [-0.3, -0.25) is 14.9 Å². The van der Waals surface area contributed by atoms with Gasteiger partial charge in [-0.05, 0) is 45.2 Å². The van der Waals surface area contributed by atoms with E-state index in [4.69, 9.17) is 0 Å². The molecule has 6 heteroatoms. The number of aromatic nitrogens is 1. The van der Waals surface area contributed by atoms with Crippen LogP contribution in [0.15, 0.2) is 30.3 Å². The summed E-state index contributed by atoms with van der Waals surface area (Å²) in [6.45, 7) is 5.91. The number of nitrogens with one attached hydrogen (secondary N) is 1. The molecule has 27 heavy (non-hydrogen) atoms. The molecule has 0 saturated heterocycles. The van der Waals surface area contributed by atoms with Crippen molar-refractivity contribution >= 4 is 11.6 Å². The lowest BCUT2D eigenvalue weighted by molar-refractivity contribution is -0.384. The number of rotatable bonds is 5. The summed E-state index contributed by atoms with van der Waals surface area (Å²) in [5.41, 5.74) is 3.56. The molecule has 2 aromatic rings. The van der Waals surface area contributed by atoms with Crippen molar-refractivity contribution in [1.29, 1.82) is 0 Å². The van der Waals surface area contributed by atoms with Crippen molar-refractivity contribution in [2.24, 2.45) is 0 Å². The first kappa shape index (κ1) is 19.1. The third-order valence-corrected chi connectivity index (χ3v) is 5.60. The van der Waals surface area contributed by atoms with E-state index in [2.05, 4.69) is 16.8 Å². The quantitative estimate of drug-likeness (QED) is 0.594. The molecule has 1 amide bonds. The fraction of sp³-hybridized carbons (Fsp3) is 0.476. The second-order valence-electron chi connectivity index (χ2n) is 7.49. The van der Waals surface area contributed by atoms with Crippen LogP contribution in [0.2, 0.25) is 0 Å². The largest absolute Gasteiger partial charge is 0.345 e. The summed E-state index contributed by atoms with van der Waals surface area (Å²) in [7, 11) is 0. The Balaban J connectivity index is 1.78. The molecule has 1 atom stereocenters. The predicted octanol–water partition coefficient (Wildman–Crippen LogP) is 5.01. The van der Waals surface area contributed by atoms with Crippen LogP contribution in [0.25, 0.3) is 0 Å². The average Bonchev–Trinajstić information content (AvgIpc) is 2.96. The van der Waals surface area contributed by atoms with E-state index in [9.17, 15) is 14.9 Å². The topological polar surface area (TPSA) is 77.2 Å². The van der Waals surface area contributed by atoms with Crippen LogP contribution in [0, 0.1) is 24.0 Å². The van der Waals surface area contributed by atoms with Gasteiger partial charge in [0.15, 0.2) is 0 Å². The Morgan fingerprint density at radius 3 is 2.59 bits per heavy atom.